The van der Waals surface area contributed by atoms with Crippen molar-refractivity contribution in [3.8, 4) is 0 Å². The first-order chi connectivity index (χ1) is 10.9. The molecule has 1 amide bonds. The lowest BCUT2D eigenvalue weighted by Gasteiger charge is -2.23. The van der Waals surface area contributed by atoms with Crippen LogP contribution >= 0.6 is 0 Å². The molecule has 1 aliphatic heterocycles. The van der Waals surface area contributed by atoms with Crippen LogP contribution in [0.4, 0.5) is 11.4 Å². The van der Waals surface area contributed by atoms with E-state index in [1.54, 1.807) is 11.8 Å². The van der Waals surface area contributed by atoms with E-state index in [9.17, 15) is 13.2 Å². The Balaban J connectivity index is 2.01. The molecule has 6 nitrogen and oxygen atoms in total. The lowest BCUT2D eigenvalue weighted by Crippen LogP contribution is -2.38. The molecule has 1 aromatic carbocycles. The summed E-state index contributed by atoms with van der Waals surface area (Å²) in [4.78, 5) is 15.8. The second kappa shape index (κ2) is 7.79. The lowest BCUT2D eigenvalue weighted by molar-refractivity contribution is -0.116. The van der Waals surface area contributed by atoms with Gasteiger partial charge in [-0.1, -0.05) is 0 Å². The third-order valence-electron chi connectivity index (χ3n) is 4.05. The van der Waals surface area contributed by atoms with E-state index in [0.717, 1.165) is 18.8 Å². The first-order valence-corrected chi connectivity index (χ1v) is 9.68. The van der Waals surface area contributed by atoms with Gasteiger partial charge in [-0.05, 0) is 44.0 Å². The minimum atomic E-state index is -3.24. The Bertz CT molecular complexity index is 622. The van der Waals surface area contributed by atoms with E-state index >= 15 is 0 Å². The van der Waals surface area contributed by atoms with Crippen molar-refractivity contribution in [2.24, 2.45) is 0 Å². The minimum absolute atomic E-state index is 0.0393. The van der Waals surface area contributed by atoms with Gasteiger partial charge >= 0.3 is 0 Å². The predicted octanol–water partition coefficient (Wildman–Crippen LogP) is 1.58. The fraction of sp³-hybridized carbons (Fsp3) is 0.562. The van der Waals surface area contributed by atoms with E-state index in [-0.39, 0.29) is 18.2 Å². The highest BCUT2D eigenvalue weighted by Crippen LogP contribution is 2.23. The van der Waals surface area contributed by atoms with Gasteiger partial charge in [-0.3, -0.25) is 4.79 Å². The number of nitrogens with zero attached hydrogens (tertiary/aromatic N) is 2. The number of anilines is 2. The summed E-state index contributed by atoms with van der Waals surface area (Å²) >= 11 is 0. The van der Waals surface area contributed by atoms with Crippen molar-refractivity contribution in [2.75, 3.05) is 41.7 Å². The number of carbonyl (C=O) groups is 1. The SMILES string of the molecule is CCS(=O)(=O)NCCN(C(C)=O)c1ccc(N2CCCC2)cc1. The van der Waals surface area contributed by atoms with E-state index < -0.39 is 10.0 Å². The molecule has 1 N–H and O–H groups in total. The summed E-state index contributed by atoms with van der Waals surface area (Å²) in [5.74, 6) is -0.0629. The van der Waals surface area contributed by atoms with Crippen LogP contribution in [0.2, 0.25) is 0 Å². The number of benzene rings is 1. The number of sulfonamides is 1. The van der Waals surface area contributed by atoms with Crippen LogP contribution in [0.5, 0.6) is 0 Å². The predicted molar refractivity (Wildman–Crippen MR) is 93.4 cm³/mol. The van der Waals surface area contributed by atoms with Crippen LogP contribution in [0.25, 0.3) is 0 Å². The molecule has 0 aliphatic carbocycles. The summed E-state index contributed by atoms with van der Waals surface area (Å²) < 4.78 is 25.4. The normalized spacial score (nSPS) is 15.0. The van der Waals surface area contributed by atoms with E-state index in [2.05, 4.69) is 9.62 Å². The summed E-state index contributed by atoms with van der Waals surface area (Å²) in [6, 6.07) is 7.88. The summed E-state index contributed by atoms with van der Waals surface area (Å²) in [6.45, 7) is 5.76. The average molecular weight is 339 g/mol. The van der Waals surface area contributed by atoms with Gasteiger partial charge < -0.3 is 9.80 Å². The van der Waals surface area contributed by atoms with Crippen LogP contribution in [0.15, 0.2) is 24.3 Å². The maximum atomic E-state index is 11.8. The highest BCUT2D eigenvalue weighted by Gasteiger charge is 2.15. The molecule has 1 saturated heterocycles. The first-order valence-electron chi connectivity index (χ1n) is 8.03. The van der Waals surface area contributed by atoms with Crippen LogP contribution in [0, 0.1) is 0 Å². The zero-order chi connectivity index (χ0) is 16.9. The molecule has 0 radical (unpaired) electrons. The molecule has 0 saturated carbocycles. The van der Waals surface area contributed by atoms with Crippen LogP contribution < -0.4 is 14.5 Å². The van der Waals surface area contributed by atoms with Gasteiger partial charge in [0.25, 0.3) is 0 Å². The zero-order valence-corrected chi connectivity index (χ0v) is 14.6. The van der Waals surface area contributed by atoms with Crippen molar-refractivity contribution in [1.82, 2.24) is 4.72 Å². The molecule has 1 aromatic rings. The van der Waals surface area contributed by atoms with Crippen LogP contribution in [-0.4, -0.2) is 46.3 Å². The van der Waals surface area contributed by atoms with E-state index in [4.69, 9.17) is 0 Å². The molecule has 128 valence electrons. The second-order valence-electron chi connectivity index (χ2n) is 5.68. The van der Waals surface area contributed by atoms with Crippen LogP contribution in [-0.2, 0) is 14.8 Å². The topological polar surface area (TPSA) is 69.7 Å². The highest BCUT2D eigenvalue weighted by atomic mass is 32.2. The molecule has 0 unspecified atom stereocenters. The van der Waals surface area contributed by atoms with Crippen molar-refractivity contribution in [2.45, 2.75) is 26.7 Å². The standard InChI is InChI=1S/C16H25N3O3S/c1-3-23(21,22)17-10-13-19(14(2)20)16-8-6-15(7-9-16)18-11-4-5-12-18/h6-9,17H,3-5,10-13H2,1-2H3. The Kier molecular flexibility index (Phi) is 6.01. The Morgan fingerprint density at radius 2 is 1.83 bits per heavy atom. The smallest absolute Gasteiger partial charge is 0.223 e. The summed E-state index contributed by atoms with van der Waals surface area (Å²) in [7, 11) is -3.24. The van der Waals surface area contributed by atoms with Gasteiger partial charge in [-0.15, -0.1) is 0 Å². The van der Waals surface area contributed by atoms with Crippen molar-refractivity contribution < 1.29 is 13.2 Å². The van der Waals surface area contributed by atoms with E-state index in [1.807, 2.05) is 24.3 Å². The third-order valence-corrected chi connectivity index (χ3v) is 5.45. The van der Waals surface area contributed by atoms with Crippen molar-refractivity contribution in [3.63, 3.8) is 0 Å². The fourth-order valence-electron chi connectivity index (χ4n) is 2.70. The Morgan fingerprint density at radius 1 is 1.22 bits per heavy atom. The van der Waals surface area contributed by atoms with Gasteiger partial charge in [-0.2, -0.15) is 0 Å². The molecular formula is C16H25N3O3S. The molecule has 2 rings (SSSR count). The average Bonchev–Trinajstić information content (AvgIpc) is 3.06. The number of hydrogen-bond acceptors (Lipinski definition) is 4. The van der Waals surface area contributed by atoms with Crippen LogP contribution in [0.3, 0.4) is 0 Å². The van der Waals surface area contributed by atoms with Crippen molar-refractivity contribution in [3.05, 3.63) is 24.3 Å². The number of rotatable bonds is 7. The quantitative estimate of drug-likeness (QED) is 0.819. The molecule has 0 atom stereocenters. The number of carbonyl (C=O) groups excluding carboxylic acids is 1. The van der Waals surface area contributed by atoms with Gasteiger partial charge in [0.1, 0.15) is 0 Å². The Labute approximate surface area is 138 Å². The first kappa shape index (κ1) is 17.7. The highest BCUT2D eigenvalue weighted by molar-refractivity contribution is 7.89. The fourth-order valence-corrected chi connectivity index (χ4v) is 3.31. The van der Waals surface area contributed by atoms with Gasteiger partial charge in [0.15, 0.2) is 0 Å². The minimum Gasteiger partial charge on any atom is -0.372 e. The Hall–Kier alpha value is -1.60. The number of nitrogens with one attached hydrogen (secondary N) is 1. The lowest BCUT2D eigenvalue weighted by atomic mass is 10.2. The molecule has 7 heteroatoms. The maximum absolute atomic E-state index is 11.8. The molecule has 1 fully saturated rings. The second-order valence-corrected chi connectivity index (χ2v) is 7.77. The third kappa shape index (κ3) is 4.94. The molecule has 0 aromatic heterocycles. The molecule has 23 heavy (non-hydrogen) atoms. The molecule has 1 heterocycles. The van der Waals surface area contributed by atoms with Gasteiger partial charge in [0.2, 0.25) is 15.9 Å². The van der Waals surface area contributed by atoms with E-state index in [0.29, 0.717) is 6.54 Å². The molecule has 0 bridgehead atoms. The summed E-state index contributed by atoms with van der Waals surface area (Å²) in [5, 5.41) is 0. The monoisotopic (exact) mass is 339 g/mol. The van der Waals surface area contributed by atoms with Gasteiger partial charge in [-0.25, -0.2) is 13.1 Å². The Morgan fingerprint density at radius 3 is 2.35 bits per heavy atom. The van der Waals surface area contributed by atoms with Gasteiger partial charge in [0, 0.05) is 44.5 Å². The zero-order valence-electron chi connectivity index (χ0n) is 13.8. The summed E-state index contributed by atoms with van der Waals surface area (Å²) in [5.41, 5.74) is 1.96. The van der Waals surface area contributed by atoms with Crippen molar-refractivity contribution in [1.29, 1.82) is 0 Å². The number of amides is 1. The molecule has 0 spiro atoms. The van der Waals surface area contributed by atoms with Gasteiger partial charge in [0.05, 0.1) is 5.75 Å². The maximum Gasteiger partial charge on any atom is 0.223 e. The molecular weight excluding hydrogens is 314 g/mol. The largest absolute Gasteiger partial charge is 0.372 e. The van der Waals surface area contributed by atoms with Crippen LogP contribution in [0.1, 0.15) is 26.7 Å². The summed E-state index contributed by atoms with van der Waals surface area (Å²) in [6.07, 6.45) is 2.44. The van der Waals surface area contributed by atoms with E-state index in [1.165, 1.54) is 25.5 Å². The molecule has 1 aliphatic rings. The number of hydrogen-bond donors (Lipinski definition) is 1. The van der Waals surface area contributed by atoms with Crippen molar-refractivity contribution >= 4 is 27.3 Å².